The maximum atomic E-state index is 11.4. The third kappa shape index (κ3) is 10.2. The van der Waals surface area contributed by atoms with Crippen LogP contribution in [-0.2, 0) is 9.59 Å². The Morgan fingerprint density at radius 2 is 1.65 bits per heavy atom. The predicted octanol–water partition coefficient (Wildman–Crippen LogP) is 0.701. The van der Waals surface area contributed by atoms with Gasteiger partial charge in [-0.15, -0.1) is 0 Å². The quantitative estimate of drug-likeness (QED) is 0.468. The van der Waals surface area contributed by atoms with Crippen molar-refractivity contribution in [2.75, 3.05) is 13.1 Å². The van der Waals surface area contributed by atoms with E-state index in [1.54, 1.807) is 6.92 Å². The normalized spacial score (nSPS) is 11.8. The zero-order chi connectivity index (χ0) is 15.5. The number of hydrogen-bond donors (Lipinski definition) is 4. The Morgan fingerprint density at radius 1 is 1.05 bits per heavy atom. The van der Waals surface area contributed by atoms with E-state index in [1.165, 1.54) is 0 Å². The van der Waals surface area contributed by atoms with Crippen LogP contribution in [0.4, 0.5) is 4.79 Å². The van der Waals surface area contributed by atoms with E-state index in [0.717, 1.165) is 0 Å². The van der Waals surface area contributed by atoms with Gasteiger partial charge in [0.2, 0.25) is 5.91 Å². The number of aliphatic carboxylic acids is 1. The molecule has 116 valence electrons. The molecule has 0 fully saturated rings. The van der Waals surface area contributed by atoms with Gasteiger partial charge in [-0.2, -0.15) is 0 Å². The zero-order valence-corrected chi connectivity index (χ0v) is 12.4. The van der Waals surface area contributed by atoms with E-state index in [2.05, 4.69) is 16.0 Å². The molecule has 3 amide bonds. The van der Waals surface area contributed by atoms with E-state index >= 15 is 0 Å². The summed E-state index contributed by atoms with van der Waals surface area (Å²) in [5, 5.41) is 16.6. The molecule has 20 heavy (non-hydrogen) atoms. The van der Waals surface area contributed by atoms with Crippen molar-refractivity contribution < 1.29 is 19.5 Å². The lowest BCUT2D eigenvalue weighted by atomic mass is 10.1. The Bertz CT molecular complexity index is 332. The summed E-state index contributed by atoms with van der Waals surface area (Å²) in [6, 6.07) is -0.252. The van der Waals surface area contributed by atoms with Gasteiger partial charge in [0.1, 0.15) is 0 Å². The summed E-state index contributed by atoms with van der Waals surface area (Å²) >= 11 is 0. The van der Waals surface area contributed by atoms with Crippen molar-refractivity contribution in [2.45, 2.75) is 46.1 Å². The van der Waals surface area contributed by atoms with Crippen LogP contribution in [0, 0.1) is 5.92 Å². The first-order chi connectivity index (χ1) is 9.32. The van der Waals surface area contributed by atoms with E-state index in [-0.39, 0.29) is 30.9 Å². The summed E-state index contributed by atoms with van der Waals surface area (Å²) < 4.78 is 0. The van der Waals surface area contributed by atoms with Crippen molar-refractivity contribution in [3.05, 3.63) is 0 Å². The highest BCUT2D eigenvalue weighted by atomic mass is 16.4. The molecule has 0 aromatic carbocycles. The first-order valence-electron chi connectivity index (χ1n) is 6.86. The van der Waals surface area contributed by atoms with Crippen LogP contribution in [0.5, 0.6) is 0 Å². The third-order valence-corrected chi connectivity index (χ3v) is 2.61. The fraction of sp³-hybridized carbons (Fsp3) is 0.769. The zero-order valence-electron chi connectivity index (χ0n) is 12.4. The third-order valence-electron chi connectivity index (χ3n) is 2.61. The van der Waals surface area contributed by atoms with E-state index in [9.17, 15) is 14.4 Å². The average Bonchev–Trinajstić information content (AvgIpc) is 2.33. The Balaban J connectivity index is 3.55. The van der Waals surface area contributed by atoms with Crippen molar-refractivity contribution in [2.24, 2.45) is 5.92 Å². The van der Waals surface area contributed by atoms with Crippen LogP contribution in [0.2, 0.25) is 0 Å². The SMILES string of the molecule is CC(C)NC(=O)CCNC(=O)NCCCC(C)C(=O)O. The fourth-order valence-corrected chi connectivity index (χ4v) is 1.48. The molecule has 0 aromatic heterocycles. The molecule has 0 saturated heterocycles. The number of amides is 3. The summed E-state index contributed by atoms with van der Waals surface area (Å²) in [5.74, 6) is -1.33. The van der Waals surface area contributed by atoms with Gasteiger partial charge in [0, 0.05) is 25.6 Å². The highest BCUT2D eigenvalue weighted by molar-refractivity contribution is 5.78. The van der Waals surface area contributed by atoms with Gasteiger partial charge in [0.15, 0.2) is 0 Å². The molecular weight excluding hydrogens is 262 g/mol. The standard InChI is InChI=1S/C13H25N3O4/c1-9(2)16-11(17)6-8-15-13(20)14-7-4-5-10(3)12(18)19/h9-10H,4-8H2,1-3H3,(H,16,17)(H,18,19)(H2,14,15,20). The van der Waals surface area contributed by atoms with Crippen LogP contribution in [0.25, 0.3) is 0 Å². The molecule has 0 aromatic rings. The number of carboxylic acids is 1. The monoisotopic (exact) mass is 287 g/mol. The van der Waals surface area contributed by atoms with Crippen molar-refractivity contribution in [1.29, 1.82) is 0 Å². The summed E-state index contributed by atoms with van der Waals surface area (Å²) in [6.45, 7) is 6.07. The van der Waals surface area contributed by atoms with Gasteiger partial charge >= 0.3 is 12.0 Å². The lowest BCUT2D eigenvalue weighted by Gasteiger charge is -2.10. The topological polar surface area (TPSA) is 108 Å². The van der Waals surface area contributed by atoms with Crippen LogP contribution >= 0.6 is 0 Å². The Kier molecular flexibility index (Phi) is 9.15. The second-order valence-corrected chi connectivity index (χ2v) is 5.04. The van der Waals surface area contributed by atoms with Crippen LogP contribution in [0.1, 0.15) is 40.0 Å². The van der Waals surface area contributed by atoms with Crippen LogP contribution < -0.4 is 16.0 Å². The molecule has 7 nitrogen and oxygen atoms in total. The molecular formula is C13H25N3O4. The lowest BCUT2D eigenvalue weighted by molar-refractivity contribution is -0.141. The smallest absolute Gasteiger partial charge is 0.314 e. The second kappa shape index (κ2) is 10.1. The molecule has 0 aliphatic carbocycles. The van der Waals surface area contributed by atoms with Crippen molar-refractivity contribution in [1.82, 2.24) is 16.0 Å². The minimum Gasteiger partial charge on any atom is -0.481 e. The molecule has 0 radical (unpaired) electrons. The summed E-state index contributed by atoms with van der Waals surface area (Å²) in [5.41, 5.74) is 0. The summed E-state index contributed by atoms with van der Waals surface area (Å²) in [4.78, 5) is 33.2. The second-order valence-electron chi connectivity index (χ2n) is 5.04. The van der Waals surface area contributed by atoms with E-state index in [4.69, 9.17) is 5.11 Å². The molecule has 0 saturated carbocycles. The van der Waals surface area contributed by atoms with Gasteiger partial charge in [-0.25, -0.2) is 4.79 Å². The molecule has 1 unspecified atom stereocenters. The average molecular weight is 287 g/mol. The van der Waals surface area contributed by atoms with E-state index in [1.807, 2.05) is 13.8 Å². The first-order valence-corrected chi connectivity index (χ1v) is 6.86. The van der Waals surface area contributed by atoms with Gasteiger partial charge in [0.05, 0.1) is 5.92 Å². The molecule has 0 aliphatic heterocycles. The number of carbonyl (C=O) groups is 3. The van der Waals surface area contributed by atoms with Crippen LogP contribution in [0.3, 0.4) is 0 Å². The highest BCUT2D eigenvalue weighted by Crippen LogP contribution is 2.03. The van der Waals surface area contributed by atoms with Crippen molar-refractivity contribution >= 4 is 17.9 Å². The molecule has 7 heteroatoms. The molecule has 0 rings (SSSR count). The maximum Gasteiger partial charge on any atom is 0.314 e. The van der Waals surface area contributed by atoms with Gasteiger partial charge in [-0.05, 0) is 26.7 Å². The Morgan fingerprint density at radius 3 is 2.20 bits per heavy atom. The van der Waals surface area contributed by atoms with Gasteiger partial charge < -0.3 is 21.1 Å². The van der Waals surface area contributed by atoms with Crippen LogP contribution in [0.15, 0.2) is 0 Å². The van der Waals surface area contributed by atoms with Gasteiger partial charge in [0.25, 0.3) is 0 Å². The molecule has 1 atom stereocenters. The fourth-order valence-electron chi connectivity index (χ4n) is 1.48. The van der Waals surface area contributed by atoms with Crippen LogP contribution in [-0.4, -0.2) is 42.1 Å². The first kappa shape index (κ1) is 18.2. The van der Waals surface area contributed by atoms with Crippen molar-refractivity contribution in [3.8, 4) is 0 Å². The number of hydrogen-bond acceptors (Lipinski definition) is 3. The maximum absolute atomic E-state index is 11.4. The molecule has 0 aliphatic rings. The number of carboxylic acid groups (broad SMARTS) is 1. The van der Waals surface area contributed by atoms with Gasteiger partial charge in [-0.3, -0.25) is 9.59 Å². The minimum atomic E-state index is -0.828. The number of urea groups is 1. The molecule has 0 heterocycles. The number of rotatable bonds is 9. The van der Waals surface area contributed by atoms with E-state index in [0.29, 0.717) is 19.4 Å². The largest absolute Gasteiger partial charge is 0.481 e. The molecule has 4 N–H and O–H groups in total. The lowest BCUT2D eigenvalue weighted by Crippen LogP contribution is -2.39. The molecule has 0 bridgehead atoms. The summed E-state index contributed by atoms with van der Waals surface area (Å²) in [7, 11) is 0. The van der Waals surface area contributed by atoms with E-state index < -0.39 is 11.9 Å². The Labute approximate surface area is 119 Å². The Hall–Kier alpha value is -1.79. The van der Waals surface area contributed by atoms with Crippen molar-refractivity contribution in [3.63, 3.8) is 0 Å². The van der Waals surface area contributed by atoms with Gasteiger partial charge in [-0.1, -0.05) is 6.92 Å². The number of carbonyl (C=O) groups excluding carboxylic acids is 2. The molecule has 0 spiro atoms. The number of nitrogens with one attached hydrogen (secondary N) is 3. The summed E-state index contributed by atoms with van der Waals surface area (Å²) in [6.07, 6.45) is 1.36. The minimum absolute atomic E-state index is 0.0903. The highest BCUT2D eigenvalue weighted by Gasteiger charge is 2.10. The predicted molar refractivity (Wildman–Crippen MR) is 75.3 cm³/mol.